The Kier molecular flexibility index (Phi) is 5.08. The monoisotopic (exact) mass is 351 g/mol. The van der Waals surface area contributed by atoms with Crippen molar-refractivity contribution in [3.05, 3.63) is 47.8 Å². The van der Waals surface area contributed by atoms with Gasteiger partial charge in [-0.05, 0) is 24.3 Å². The highest BCUT2D eigenvalue weighted by atomic mass is 16.5. The van der Waals surface area contributed by atoms with E-state index < -0.39 is 0 Å². The van der Waals surface area contributed by atoms with Crippen LogP contribution in [0.1, 0.15) is 23.6 Å². The number of ether oxygens (including phenoxy) is 1. The van der Waals surface area contributed by atoms with E-state index in [0.29, 0.717) is 17.9 Å². The normalized spacial score (nSPS) is 16.1. The molecule has 1 saturated heterocycles. The fourth-order valence-corrected chi connectivity index (χ4v) is 2.76. The molecule has 0 aliphatic carbocycles. The molecular formula is C18H17N5O3. The number of esters is 1. The number of aromatic nitrogens is 2. The minimum atomic E-state index is -0.365. The van der Waals surface area contributed by atoms with Gasteiger partial charge in [-0.25, -0.2) is 14.8 Å². The molecule has 0 radical (unpaired) electrons. The van der Waals surface area contributed by atoms with E-state index in [9.17, 15) is 9.59 Å². The summed E-state index contributed by atoms with van der Waals surface area (Å²) in [5.41, 5.74) is 2.16. The fourth-order valence-electron chi connectivity index (χ4n) is 2.76. The predicted octanol–water partition coefficient (Wildman–Crippen LogP) is 1.64. The van der Waals surface area contributed by atoms with Crippen LogP contribution in [-0.2, 0) is 9.53 Å². The topological polar surface area (TPSA) is 108 Å². The molecule has 2 amide bonds. The van der Waals surface area contributed by atoms with Crippen LogP contribution in [0.15, 0.2) is 36.7 Å². The maximum Gasteiger partial charge on any atom is 0.318 e. The van der Waals surface area contributed by atoms with Gasteiger partial charge in [-0.1, -0.05) is 0 Å². The van der Waals surface area contributed by atoms with Gasteiger partial charge in [-0.3, -0.25) is 4.79 Å². The number of nitriles is 1. The van der Waals surface area contributed by atoms with Crippen molar-refractivity contribution in [2.24, 2.45) is 0 Å². The zero-order valence-electron chi connectivity index (χ0n) is 14.2. The number of urea groups is 1. The molecule has 1 aliphatic heterocycles. The molecule has 0 spiro atoms. The third-order valence-electron chi connectivity index (χ3n) is 4.20. The van der Waals surface area contributed by atoms with Crippen molar-refractivity contribution in [3.63, 3.8) is 0 Å². The van der Waals surface area contributed by atoms with Crippen LogP contribution in [0.25, 0.3) is 11.4 Å². The third-order valence-corrected chi connectivity index (χ3v) is 4.20. The van der Waals surface area contributed by atoms with Crippen LogP contribution in [0.5, 0.6) is 0 Å². The van der Waals surface area contributed by atoms with E-state index >= 15 is 0 Å². The Balaban J connectivity index is 1.75. The average molecular weight is 351 g/mol. The number of hydrogen-bond acceptors (Lipinski definition) is 6. The molecule has 1 aromatic carbocycles. The maximum atomic E-state index is 12.0. The van der Waals surface area contributed by atoms with E-state index in [0.717, 1.165) is 11.1 Å². The standard InChI is InChI=1S/C18H17N5O3/c1-26-16(24)6-7-23-15(11-22-18(23)25)14-9-20-17(21-10-14)13-4-2-12(8-19)3-5-13/h2-5,9-10,15H,6-7,11H2,1H3,(H,22,25). The van der Waals surface area contributed by atoms with Crippen molar-refractivity contribution < 1.29 is 14.3 Å². The number of methoxy groups -OCH3 is 1. The van der Waals surface area contributed by atoms with Gasteiger partial charge in [0.15, 0.2) is 5.82 Å². The summed E-state index contributed by atoms with van der Waals surface area (Å²) in [5.74, 6) is 0.174. The number of benzene rings is 1. The highest BCUT2D eigenvalue weighted by Crippen LogP contribution is 2.25. The van der Waals surface area contributed by atoms with Crippen LogP contribution in [0.3, 0.4) is 0 Å². The van der Waals surface area contributed by atoms with Crippen LogP contribution < -0.4 is 5.32 Å². The Hall–Kier alpha value is -3.47. The number of amides is 2. The number of carbonyl (C=O) groups is 2. The number of carbonyl (C=O) groups excluding carboxylic acids is 2. The molecule has 1 unspecified atom stereocenters. The molecule has 1 N–H and O–H groups in total. The third kappa shape index (κ3) is 3.62. The van der Waals surface area contributed by atoms with Gasteiger partial charge >= 0.3 is 12.0 Å². The van der Waals surface area contributed by atoms with Gasteiger partial charge in [-0.2, -0.15) is 5.26 Å². The van der Waals surface area contributed by atoms with Crippen LogP contribution >= 0.6 is 0 Å². The van der Waals surface area contributed by atoms with Gasteiger partial charge in [0, 0.05) is 36.6 Å². The summed E-state index contributed by atoms with van der Waals surface area (Å²) in [6.45, 7) is 0.695. The first-order chi connectivity index (χ1) is 12.6. The summed E-state index contributed by atoms with van der Waals surface area (Å²) in [6.07, 6.45) is 3.48. The SMILES string of the molecule is COC(=O)CCN1C(=O)NCC1c1cnc(-c2ccc(C#N)cc2)nc1. The number of nitrogens with zero attached hydrogens (tertiary/aromatic N) is 4. The van der Waals surface area contributed by atoms with Crippen LogP contribution in [0, 0.1) is 11.3 Å². The Morgan fingerprint density at radius 3 is 2.65 bits per heavy atom. The highest BCUT2D eigenvalue weighted by molar-refractivity contribution is 5.78. The summed E-state index contributed by atoms with van der Waals surface area (Å²) in [6, 6.07) is 8.60. The van der Waals surface area contributed by atoms with Crippen molar-refractivity contribution in [2.75, 3.05) is 20.2 Å². The summed E-state index contributed by atoms with van der Waals surface area (Å²) < 4.78 is 4.63. The minimum Gasteiger partial charge on any atom is -0.469 e. The molecule has 1 atom stereocenters. The summed E-state index contributed by atoms with van der Waals surface area (Å²) in [4.78, 5) is 33.7. The van der Waals surface area contributed by atoms with Gasteiger partial charge in [0.2, 0.25) is 0 Å². The van der Waals surface area contributed by atoms with Gasteiger partial charge < -0.3 is 15.0 Å². The Morgan fingerprint density at radius 2 is 2.04 bits per heavy atom. The molecule has 26 heavy (non-hydrogen) atoms. The molecule has 3 rings (SSSR count). The second-order valence-electron chi connectivity index (χ2n) is 5.75. The number of nitrogens with one attached hydrogen (secondary N) is 1. The number of hydrogen-bond donors (Lipinski definition) is 1. The molecule has 8 nitrogen and oxygen atoms in total. The van der Waals surface area contributed by atoms with E-state index in [1.165, 1.54) is 7.11 Å². The molecule has 1 fully saturated rings. The second-order valence-corrected chi connectivity index (χ2v) is 5.75. The predicted molar refractivity (Wildman–Crippen MR) is 91.7 cm³/mol. The van der Waals surface area contributed by atoms with Gasteiger partial charge in [-0.15, -0.1) is 0 Å². The van der Waals surface area contributed by atoms with E-state index in [1.54, 1.807) is 41.6 Å². The van der Waals surface area contributed by atoms with E-state index in [2.05, 4.69) is 26.1 Å². The molecule has 2 heterocycles. The zero-order chi connectivity index (χ0) is 18.5. The lowest BCUT2D eigenvalue weighted by Crippen LogP contribution is -2.32. The average Bonchev–Trinajstić information content (AvgIpc) is 3.06. The van der Waals surface area contributed by atoms with Crippen molar-refractivity contribution in [2.45, 2.75) is 12.5 Å². The summed E-state index contributed by atoms with van der Waals surface area (Å²) >= 11 is 0. The second kappa shape index (κ2) is 7.61. The van der Waals surface area contributed by atoms with Crippen molar-refractivity contribution in [3.8, 4) is 17.5 Å². The minimum absolute atomic E-state index is 0.130. The Bertz CT molecular complexity index is 843. The van der Waals surface area contributed by atoms with Crippen molar-refractivity contribution in [1.82, 2.24) is 20.2 Å². The first-order valence-corrected chi connectivity index (χ1v) is 8.06. The van der Waals surface area contributed by atoms with E-state index in [1.807, 2.05) is 0 Å². The van der Waals surface area contributed by atoms with Gasteiger partial charge in [0.05, 0.1) is 31.2 Å². The van der Waals surface area contributed by atoms with E-state index in [4.69, 9.17) is 5.26 Å². The van der Waals surface area contributed by atoms with Crippen molar-refractivity contribution in [1.29, 1.82) is 5.26 Å². The molecule has 1 aromatic heterocycles. The largest absolute Gasteiger partial charge is 0.469 e. The zero-order valence-corrected chi connectivity index (χ0v) is 14.2. The molecular weight excluding hydrogens is 334 g/mol. The molecule has 0 bridgehead atoms. The lowest BCUT2D eigenvalue weighted by molar-refractivity contribution is -0.140. The van der Waals surface area contributed by atoms with Crippen molar-refractivity contribution >= 4 is 12.0 Å². The maximum absolute atomic E-state index is 12.0. The van der Waals surface area contributed by atoms with Gasteiger partial charge in [0.25, 0.3) is 0 Å². The summed E-state index contributed by atoms with van der Waals surface area (Å²) in [7, 11) is 1.32. The van der Waals surface area contributed by atoms with Crippen LogP contribution in [0.4, 0.5) is 4.79 Å². The lowest BCUT2D eigenvalue weighted by Gasteiger charge is -2.22. The summed E-state index contributed by atoms with van der Waals surface area (Å²) in [5, 5.41) is 11.6. The first kappa shape index (κ1) is 17.4. The van der Waals surface area contributed by atoms with Crippen LogP contribution in [0.2, 0.25) is 0 Å². The Labute approximate surface area is 150 Å². The van der Waals surface area contributed by atoms with Gasteiger partial charge in [0.1, 0.15) is 0 Å². The lowest BCUT2D eigenvalue weighted by atomic mass is 10.1. The molecule has 2 aromatic rings. The molecule has 0 saturated carbocycles. The molecule has 132 valence electrons. The first-order valence-electron chi connectivity index (χ1n) is 8.06. The highest BCUT2D eigenvalue weighted by Gasteiger charge is 2.32. The Morgan fingerprint density at radius 1 is 1.35 bits per heavy atom. The molecule has 1 aliphatic rings. The smallest absolute Gasteiger partial charge is 0.318 e. The van der Waals surface area contributed by atoms with Crippen LogP contribution in [-0.4, -0.2) is 47.1 Å². The van der Waals surface area contributed by atoms with E-state index in [-0.39, 0.29) is 31.0 Å². The fraction of sp³-hybridized carbons (Fsp3) is 0.278. The quantitative estimate of drug-likeness (QED) is 0.821. The number of rotatable bonds is 5. The molecule has 8 heteroatoms.